The molecule has 0 aliphatic rings. The summed E-state index contributed by atoms with van der Waals surface area (Å²) in [6.45, 7) is 3.20. The maximum Gasteiger partial charge on any atom is 0.180 e. The second-order valence-electron chi connectivity index (χ2n) is 5.98. The van der Waals surface area contributed by atoms with Crippen LogP contribution in [-0.4, -0.2) is 6.61 Å². The standard InChI is InChI=1S/C22H21ClFNO2/c1-2-26-21-13-17(14-25-19-9-4-3-5-10-19)12-20(23)22(21)27-15-16-7-6-8-18(24)11-16/h3-13,25H,2,14-15H2,1H3. The molecule has 0 spiro atoms. The van der Waals surface area contributed by atoms with E-state index in [-0.39, 0.29) is 12.4 Å². The maximum absolute atomic E-state index is 13.3. The zero-order valence-electron chi connectivity index (χ0n) is 15.0. The maximum atomic E-state index is 13.3. The minimum atomic E-state index is -0.297. The highest BCUT2D eigenvalue weighted by molar-refractivity contribution is 6.32. The monoisotopic (exact) mass is 385 g/mol. The van der Waals surface area contributed by atoms with E-state index in [1.165, 1.54) is 12.1 Å². The van der Waals surface area contributed by atoms with Gasteiger partial charge in [0.2, 0.25) is 0 Å². The Bertz CT molecular complexity index is 887. The molecule has 0 fully saturated rings. The molecule has 0 saturated carbocycles. The van der Waals surface area contributed by atoms with Crippen LogP contribution in [0.25, 0.3) is 0 Å². The van der Waals surface area contributed by atoms with E-state index in [9.17, 15) is 4.39 Å². The van der Waals surface area contributed by atoms with E-state index in [0.717, 1.165) is 16.8 Å². The SMILES string of the molecule is CCOc1cc(CNc2ccccc2)cc(Cl)c1OCc1cccc(F)c1. The Morgan fingerprint density at radius 1 is 0.926 bits per heavy atom. The molecule has 1 N–H and O–H groups in total. The van der Waals surface area contributed by atoms with Crippen molar-refractivity contribution in [2.24, 2.45) is 0 Å². The number of benzene rings is 3. The van der Waals surface area contributed by atoms with Crippen molar-refractivity contribution in [3.05, 3.63) is 88.7 Å². The summed E-state index contributed by atoms with van der Waals surface area (Å²) < 4.78 is 24.9. The van der Waals surface area contributed by atoms with Crippen molar-refractivity contribution in [3.8, 4) is 11.5 Å². The lowest BCUT2D eigenvalue weighted by atomic mass is 10.2. The second kappa shape index (κ2) is 9.28. The van der Waals surface area contributed by atoms with Gasteiger partial charge in [-0.05, 0) is 54.4 Å². The average molecular weight is 386 g/mol. The third-order valence-corrected chi connectivity index (χ3v) is 4.19. The van der Waals surface area contributed by atoms with Crippen LogP contribution in [0.1, 0.15) is 18.1 Å². The molecular formula is C22H21ClFNO2. The molecule has 0 saturated heterocycles. The Morgan fingerprint density at radius 3 is 2.48 bits per heavy atom. The van der Waals surface area contributed by atoms with E-state index in [1.54, 1.807) is 12.1 Å². The molecule has 27 heavy (non-hydrogen) atoms. The molecule has 0 unspecified atom stereocenters. The highest BCUT2D eigenvalue weighted by Crippen LogP contribution is 2.37. The van der Waals surface area contributed by atoms with Gasteiger partial charge in [-0.15, -0.1) is 0 Å². The fourth-order valence-electron chi connectivity index (χ4n) is 2.67. The minimum Gasteiger partial charge on any atom is -0.490 e. The fourth-order valence-corrected chi connectivity index (χ4v) is 2.96. The zero-order chi connectivity index (χ0) is 19.1. The van der Waals surface area contributed by atoms with E-state index in [4.69, 9.17) is 21.1 Å². The van der Waals surface area contributed by atoms with E-state index in [0.29, 0.717) is 29.7 Å². The molecule has 5 heteroatoms. The molecular weight excluding hydrogens is 365 g/mol. The molecule has 0 radical (unpaired) electrons. The van der Waals surface area contributed by atoms with Crippen molar-refractivity contribution in [3.63, 3.8) is 0 Å². The van der Waals surface area contributed by atoms with Crippen LogP contribution in [0, 0.1) is 5.82 Å². The molecule has 0 aliphatic heterocycles. The summed E-state index contributed by atoms with van der Waals surface area (Å²) in [5, 5.41) is 3.80. The largest absolute Gasteiger partial charge is 0.490 e. The number of anilines is 1. The minimum absolute atomic E-state index is 0.208. The van der Waals surface area contributed by atoms with Crippen molar-refractivity contribution < 1.29 is 13.9 Å². The van der Waals surface area contributed by atoms with Gasteiger partial charge in [-0.1, -0.05) is 41.9 Å². The van der Waals surface area contributed by atoms with Gasteiger partial charge in [0.15, 0.2) is 11.5 Å². The molecule has 0 aliphatic carbocycles. The number of hydrogen-bond acceptors (Lipinski definition) is 3. The Labute approximate surface area is 163 Å². The first kappa shape index (κ1) is 19.1. The van der Waals surface area contributed by atoms with E-state index in [2.05, 4.69) is 5.32 Å². The third kappa shape index (κ3) is 5.38. The van der Waals surface area contributed by atoms with Crippen LogP contribution in [0.2, 0.25) is 5.02 Å². The summed E-state index contributed by atoms with van der Waals surface area (Å²) in [7, 11) is 0. The lowest BCUT2D eigenvalue weighted by molar-refractivity contribution is 0.269. The van der Waals surface area contributed by atoms with Gasteiger partial charge >= 0.3 is 0 Å². The number of nitrogens with one attached hydrogen (secondary N) is 1. The molecule has 0 bridgehead atoms. The molecule has 3 rings (SSSR count). The molecule has 3 aromatic rings. The summed E-state index contributed by atoms with van der Waals surface area (Å²) in [5.41, 5.74) is 2.73. The zero-order valence-corrected chi connectivity index (χ0v) is 15.8. The topological polar surface area (TPSA) is 30.5 Å². The van der Waals surface area contributed by atoms with Crippen molar-refractivity contribution in [2.45, 2.75) is 20.1 Å². The van der Waals surface area contributed by atoms with Gasteiger partial charge < -0.3 is 14.8 Å². The average Bonchev–Trinajstić information content (AvgIpc) is 2.67. The molecule has 0 amide bonds. The Kier molecular flexibility index (Phi) is 6.55. The first-order valence-corrected chi connectivity index (χ1v) is 9.15. The van der Waals surface area contributed by atoms with Crippen LogP contribution in [0.5, 0.6) is 11.5 Å². The predicted octanol–water partition coefficient (Wildman–Crippen LogP) is 6.07. The number of hydrogen-bond donors (Lipinski definition) is 1. The highest BCUT2D eigenvalue weighted by Gasteiger charge is 2.13. The van der Waals surface area contributed by atoms with Gasteiger partial charge in [-0.3, -0.25) is 0 Å². The van der Waals surface area contributed by atoms with Crippen LogP contribution in [-0.2, 0) is 13.2 Å². The quantitative estimate of drug-likeness (QED) is 0.510. The number of ether oxygens (including phenoxy) is 2. The van der Waals surface area contributed by atoms with Gasteiger partial charge in [-0.2, -0.15) is 0 Å². The Hall–Kier alpha value is -2.72. The van der Waals surface area contributed by atoms with E-state index >= 15 is 0 Å². The van der Waals surface area contributed by atoms with Gasteiger partial charge in [-0.25, -0.2) is 4.39 Å². The number of para-hydroxylation sites is 1. The van der Waals surface area contributed by atoms with Crippen LogP contribution in [0.3, 0.4) is 0 Å². The summed E-state index contributed by atoms with van der Waals surface area (Å²) in [6.07, 6.45) is 0. The van der Waals surface area contributed by atoms with Gasteiger partial charge in [0.25, 0.3) is 0 Å². The lowest BCUT2D eigenvalue weighted by Gasteiger charge is -2.16. The predicted molar refractivity (Wildman–Crippen MR) is 107 cm³/mol. The molecule has 140 valence electrons. The van der Waals surface area contributed by atoms with Crippen molar-refractivity contribution in [1.29, 1.82) is 0 Å². The number of halogens is 2. The second-order valence-corrected chi connectivity index (χ2v) is 6.38. The molecule has 0 aromatic heterocycles. The van der Waals surface area contributed by atoms with E-state index < -0.39 is 0 Å². The summed E-state index contributed by atoms with van der Waals surface area (Å²) in [4.78, 5) is 0. The van der Waals surface area contributed by atoms with Gasteiger partial charge in [0.05, 0.1) is 11.6 Å². The first-order chi connectivity index (χ1) is 13.2. The molecule has 3 aromatic carbocycles. The lowest BCUT2D eigenvalue weighted by Crippen LogP contribution is -2.04. The Morgan fingerprint density at radius 2 is 1.74 bits per heavy atom. The van der Waals surface area contributed by atoms with Gasteiger partial charge in [0, 0.05) is 12.2 Å². The van der Waals surface area contributed by atoms with Crippen LogP contribution in [0.15, 0.2) is 66.7 Å². The number of rotatable bonds is 8. The first-order valence-electron chi connectivity index (χ1n) is 8.77. The smallest absolute Gasteiger partial charge is 0.180 e. The molecule has 0 heterocycles. The molecule has 0 atom stereocenters. The summed E-state index contributed by atoms with van der Waals surface area (Å²) in [5.74, 6) is 0.743. The van der Waals surface area contributed by atoms with Crippen molar-refractivity contribution >= 4 is 17.3 Å². The fraction of sp³-hybridized carbons (Fsp3) is 0.182. The third-order valence-electron chi connectivity index (χ3n) is 3.91. The van der Waals surface area contributed by atoms with Crippen molar-refractivity contribution in [2.75, 3.05) is 11.9 Å². The van der Waals surface area contributed by atoms with Crippen molar-refractivity contribution in [1.82, 2.24) is 0 Å². The summed E-state index contributed by atoms with van der Waals surface area (Å²) in [6, 6.07) is 20.0. The molecule has 3 nitrogen and oxygen atoms in total. The van der Waals surface area contributed by atoms with Crippen LogP contribution < -0.4 is 14.8 Å². The summed E-state index contributed by atoms with van der Waals surface area (Å²) >= 11 is 6.44. The van der Waals surface area contributed by atoms with E-state index in [1.807, 2.05) is 49.4 Å². The van der Waals surface area contributed by atoms with Gasteiger partial charge in [0.1, 0.15) is 12.4 Å². The highest BCUT2D eigenvalue weighted by atomic mass is 35.5. The van der Waals surface area contributed by atoms with Crippen LogP contribution >= 0.6 is 11.6 Å². The normalized spacial score (nSPS) is 10.5. The Balaban J connectivity index is 1.75. The van der Waals surface area contributed by atoms with Crippen LogP contribution in [0.4, 0.5) is 10.1 Å².